The van der Waals surface area contributed by atoms with Crippen molar-refractivity contribution in [3.63, 3.8) is 0 Å². The van der Waals surface area contributed by atoms with E-state index in [-0.39, 0.29) is 17.2 Å². The summed E-state index contributed by atoms with van der Waals surface area (Å²) in [4.78, 5) is 13.8. The molecule has 1 aliphatic heterocycles. The number of benzene rings is 1. The van der Waals surface area contributed by atoms with Crippen LogP contribution in [0, 0.1) is 0 Å². The molecule has 0 aromatic heterocycles. The van der Waals surface area contributed by atoms with E-state index in [9.17, 15) is 15.0 Å². The largest absolute Gasteiger partial charge is 0.507 e. The molecule has 98 valence electrons. The molecule has 2 rings (SSSR count). The fourth-order valence-electron chi connectivity index (χ4n) is 2.12. The van der Waals surface area contributed by atoms with Crippen molar-refractivity contribution in [2.24, 2.45) is 0 Å². The van der Waals surface area contributed by atoms with Crippen LogP contribution in [0.2, 0.25) is 0 Å². The third-order valence-corrected chi connectivity index (χ3v) is 3.12. The summed E-state index contributed by atoms with van der Waals surface area (Å²) in [6, 6.07) is 4.54. The maximum Gasteiger partial charge on any atom is 0.257 e. The molecule has 1 fully saturated rings. The second kappa shape index (κ2) is 5.27. The summed E-state index contributed by atoms with van der Waals surface area (Å²) in [5.74, 6) is 0.180. The minimum absolute atomic E-state index is 0.0686. The number of aliphatic hydroxyl groups is 1. The number of hydrogen-bond acceptors (Lipinski definition) is 4. The molecule has 2 N–H and O–H groups in total. The summed E-state index contributed by atoms with van der Waals surface area (Å²) in [5, 5.41) is 19.3. The van der Waals surface area contributed by atoms with Gasteiger partial charge in [0, 0.05) is 13.1 Å². The van der Waals surface area contributed by atoms with Gasteiger partial charge in [-0.25, -0.2) is 0 Å². The Kier molecular flexibility index (Phi) is 3.72. The lowest BCUT2D eigenvalue weighted by Gasteiger charge is -2.30. The lowest BCUT2D eigenvalue weighted by Crippen LogP contribution is -2.42. The maximum atomic E-state index is 12.2. The zero-order valence-corrected chi connectivity index (χ0v) is 10.3. The molecule has 0 radical (unpaired) electrons. The number of piperidine rings is 1. The van der Waals surface area contributed by atoms with E-state index in [1.165, 1.54) is 19.2 Å². The number of rotatable bonds is 2. The number of carbonyl (C=O) groups is 1. The number of likely N-dealkylation sites (tertiary alicyclic amines) is 1. The third-order valence-electron chi connectivity index (χ3n) is 3.12. The number of carbonyl (C=O) groups excluding carboxylic acids is 1. The van der Waals surface area contributed by atoms with Gasteiger partial charge in [0.15, 0.2) is 0 Å². The molecule has 1 aliphatic rings. The normalized spacial score (nSPS) is 19.7. The van der Waals surface area contributed by atoms with Crippen LogP contribution < -0.4 is 4.74 Å². The minimum Gasteiger partial charge on any atom is -0.507 e. The molecule has 0 saturated carbocycles. The summed E-state index contributed by atoms with van der Waals surface area (Å²) in [6.07, 6.45) is 1.02. The van der Waals surface area contributed by atoms with Crippen LogP contribution in [-0.2, 0) is 0 Å². The summed E-state index contributed by atoms with van der Waals surface area (Å²) >= 11 is 0. The van der Waals surface area contributed by atoms with Crippen molar-refractivity contribution >= 4 is 5.91 Å². The average molecular weight is 251 g/mol. The minimum atomic E-state index is -0.476. The first-order valence-electron chi connectivity index (χ1n) is 5.96. The van der Waals surface area contributed by atoms with E-state index in [0.29, 0.717) is 25.3 Å². The Morgan fingerprint density at radius 3 is 2.94 bits per heavy atom. The number of methoxy groups -OCH3 is 1. The lowest BCUT2D eigenvalue weighted by atomic mass is 10.1. The Hall–Kier alpha value is -1.75. The molecule has 1 heterocycles. The van der Waals surface area contributed by atoms with Crippen molar-refractivity contribution < 1.29 is 19.7 Å². The van der Waals surface area contributed by atoms with E-state index >= 15 is 0 Å². The fourth-order valence-corrected chi connectivity index (χ4v) is 2.12. The van der Waals surface area contributed by atoms with Crippen molar-refractivity contribution in [2.75, 3.05) is 20.2 Å². The highest BCUT2D eigenvalue weighted by Gasteiger charge is 2.25. The molecule has 1 aromatic carbocycles. The Labute approximate surface area is 106 Å². The second-order valence-electron chi connectivity index (χ2n) is 4.43. The fraction of sp³-hybridized carbons (Fsp3) is 0.462. The number of ether oxygens (including phenoxy) is 1. The lowest BCUT2D eigenvalue weighted by molar-refractivity contribution is 0.0471. The summed E-state index contributed by atoms with van der Waals surface area (Å²) in [5.41, 5.74) is 0.212. The smallest absolute Gasteiger partial charge is 0.257 e. The summed E-state index contributed by atoms with van der Waals surface area (Å²) in [6.45, 7) is 0.919. The first-order valence-corrected chi connectivity index (χ1v) is 5.96. The second-order valence-corrected chi connectivity index (χ2v) is 4.43. The quantitative estimate of drug-likeness (QED) is 0.822. The number of hydrogen-bond donors (Lipinski definition) is 2. The molecule has 0 bridgehead atoms. The molecular formula is C13H17NO4. The highest BCUT2D eigenvalue weighted by Crippen LogP contribution is 2.25. The van der Waals surface area contributed by atoms with Gasteiger partial charge in [-0.3, -0.25) is 4.79 Å². The van der Waals surface area contributed by atoms with Crippen LogP contribution in [0.3, 0.4) is 0 Å². The van der Waals surface area contributed by atoms with Gasteiger partial charge in [-0.15, -0.1) is 0 Å². The number of β-amino-alcohol motifs (C(OH)–C–C–N with tert-alkyl or cyclic N) is 1. The highest BCUT2D eigenvalue weighted by molar-refractivity contribution is 5.97. The number of phenols is 1. The van der Waals surface area contributed by atoms with Gasteiger partial charge in [0.05, 0.1) is 18.8 Å². The number of amides is 1. The van der Waals surface area contributed by atoms with Gasteiger partial charge in [-0.1, -0.05) is 0 Å². The first-order chi connectivity index (χ1) is 8.61. The molecule has 1 saturated heterocycles. The predicted octanol–water partition coefficient (Wildman–Crippen LogP) is 0.998. The molecule has 1 atom stereocenters. The molecule has 0 unspecified atom stereocenters. The van der Waals surface area contributed by atoms with Gasteiger partial charge in [-0.2, -0.15) is 0 Å². The number of aliphatic hydroxyl groups excluding tert-OH is 1. The van der Waals surface area contributed by atoms with Gasteiger partial charge in [0.2, 0.25) is 0 Å². The first kappa shape index (κ1) is 12.7. The van der Waals surface area contributed by atoms with Gasteiger partial charge < -0.3 is 19.8 Å². The van der Waals surface area contributed by atoms with E-state index in [1.54, 1.807) is 11.0 Å². The average Bonchev–Trinajstić information content (AvgIpc) is 2.38. The number of nitrogens with zero attached hydrogens (tertiary/aromatic N) is 1. The van der Waals surface area contributed by atoms with E-state index in [4.69, 9.17) is 4.74 Å². The zero-order valence-electron chi connectivity index (χ0n) is 10.3. The number of phenolic OH excluding ortho intramolecular Hbond substituents is 1. The Balaban J connectivity index is 2.22. The van der Waals surface area contributed by atoms with Gasteiger partial charge in [0.1, 0.15) is 11.5 Å². The molecule has 0 spiro atoms. The molecular weight excluding hydrogens is 234 g/mol. The number of aromatic hydroxyl groups is 1. The van der Waals surface area contributed by atoms with E-state index < -0.39 is 6.10 Å². The predicted molar refractivity (Wildman–Crippen MR) is 65.8 cm³/mol. The summed E-state index contributed by atoms with van der Waals surface area (Å²) < 4.78 is 5.04. The zero-order chi connectivity index (χ0) is 13.1. The van der Waals surface area contributed by atoms with Crippen molar-refractivity contribution in [1.82, 2.24) is 4.90 Å². The Morgan fingerprint density at radius 1 is 1.50 bits per heavy atom. The van der Waals surface area contributed by atoms with Crippen molar-refractivity contribution in [1.29, 1.82) is 0 Å². The van der Waals surface area contributed by atoms with E-state index in [2.05, 4.69) is 0 Å². The van der Waals surface area contributed by atoms with Crippen LogP contribution in [0.1, 0.15) is 23.2 Å². The Bertz CT molecular complexity index is 447. The third kappa shape index (κ3) is 2.56. The summed E-state index contributed by atoms with van der Waals surface area (Å²) in [7, 11) is 1.51. The molecule has 5 heteroatoms. The van der Waals surface area contributed by atoms with Gasteiger partial charge >= 0.3 is 0 Å². The van der Waals surface area contributed by atoms with Crippen LogP contribution >= 0.6 is 0 Å². The van der Waals surface area contributed by atoms with Crippen LogP contribution in [0.4, 0.5) is 0 Å². The van der Waals surface area contributed by atoms with Crippen molar-refractivity contribution in [3.05, 3.63) is 23.8 Å². The van der Waals surface area contributed by atoms with Gasteiger partial charge in [0.25, 0.3) is 5.91 Å². The van der Waals surface area contributed by atoms with Crippen LogP contribution in [0.15, 0.2) is 18.2 Å². The van der Waals surface area contributed by atoms with Crippen LogP contribution in [0.5, 0.6) is 11.5 Å². The Morgan fingerprint density at radius 2 is 2.28 bits per heavy atom. The molecule has 1 amide bonds. The van der Waals surface area contributed by atoms with E-state index in [1.807, 2.05) is 0 Å². The van der Waals surface area contributed by atoms with Crippen LogP contribution in [0.25, 0.3) is 0 Å². The highest BCUT2D eigenvalue weighted by atomic mass is 16.5. The molecule has 18 heavy (non-hydrogen) atoms. The molecule has 5 nitrogen and oxygen atoms in total. The standard InChI is InChI=1S/C13H17NO4/c1-18-10-4-5-12(16)11(7-10)13(17)14-6-2-3-9(15)8-14/h4-5,7,9,15-16H,2-3,6,8H2,1H3/t9-/m0/s1. The maximum absolute atomic E-state index is 12.2. The van der Waals surface area contributed by atoms with Crippen molar-refractivity contribution in [3.8, 4) is 11.5 Å². The molecule has 0 aliphatic carbocycles. The molecule has 1 aromatic rings. The van der Waals surface area contributed by atoms with E-state index in [0.717, 1.165) is 6.42 Å². The SMILES string of the molecule is COc1ccc(O)c(C(=O)N2CCC[C@H](O)C2)c1. The monoisotopic (exact) mass is 251 g/mol. The van der Waals surface area contributed by atoms with Crippen molar-refractivity contribution in [2.45, 2.75) is 18.9 Å². The van der Waals surface area contributed by atoms with Crippen LogP contribution in [-0.4, -0.2) is 47.3 Å². The topological polar surface area (TPSA) is 70.0 Å². The van der Waals surface area contributed by atoms with Gasteiger partial charge in [-0.05, 0) is 31.0 Å².